The van der Waals surface area contributed by atoms with Gasteiger partial charge in [0, 0.05) is 17.5 Å². The first kappa shape index (κ1) is 13.4. The molecule has 0 saturated carbocycles. The molecule has 5 heteroatoms. The number of hydrogen-bond donors (Lipinski definition) is 2. The Balaban J connectivity index is 1.91. The van der Waals surface area contributed by atoms with E-state index in [0.717, 1.165) is 22.4 Å². The molecule has 1 aliphatic heterocycles. The van der Waals surface area contributed by atoms with Gasteiger partial charge in [0.25, 0.3) is 0 Å². The van der Waals surface area contributed by atoms with Crippen molar-refractivity contribution < 1.29 is 9.13 Å². The highest BCUT2D eigenvalue weighted by atomic mass is 19.1. The van der Waals surface area contributed by atoms with Gasteiger partial charge >= 0.3 is 0 Å². The summed E-state index contributed by atoms with van der Waals surface area (Å²) in [5, 5.41) is 3.49. The smallest absolute Gasteiger partial charge is 0.150 e. The highest BCUT2D eigenvalue weighted by Gasteiger charge is 2.25. The largest absolute Gasteiger partial charge is 0.485 e. The molecule has 4 nitrogen and oxygen atoms in total. The zero-order chi connectivity index (χ0) is 15.0. The van der Waals surface area contributed by atoms with Gasteiger partial charge in [0.05, 0.1) is 0 Å². The lowest BCUT2D eigenvalue weighted by Gasteiger charge is -2.12. The van der Waals surface area contributed by atoms with Crippen molar-refractivity contribution in [3.63, 3.8) is 0 Å². The van der Waals surface area contributed by atoms with Crippen LogP contribution in [0.15, 0.2) is 41.5 Å². The van der Waals surface area contributed by atoms with Crippen LogP contribution in [0.5, 0.6) is 5.75 Å². The van der Waals surface area contributed by atoms with Crippen molar-refractivity contribution in [3.8, 4) is 5.75 Å². The maximum absolute atomic E-state index is 13.6. The average Bonchev–Trinajstić information content (AvgIpc) is 2.90. The Bertz CT molecular complexity index is 696. The van der Waals surface area contributed by atoms with Crippen LogP contribution < -0.4 is 16.3 Å². The van der Waals surface area contributed by atoms with Crippen LogP contribution >= 0.6 is 0 Å². The molecule has 1 heterocycles. The van der Waals surface area contributed by atoms with Crippen molar-refractivity contribution in [1.29, 1.82) is 0 Å². The first-order valence-electron chi connectivity index (χ1n) is 6.68. The van der Waals surface area contributed by atoms with E-state index in [-0.39, 0.29) is 17.8 Å². The molecule has 0 saturated heterocycles. The molecule has 1 aliphatic rings. The standard InChI is InChI=1S/C16H16FN3O/c1-9-5-14-12(7-13(9)17)8-15(21-14)10-3-2-4-11(6-10)16(18)20-19/h2-7,15H,8,19H2,1H3,(H2,18,20). The van der Waals surface area contributed by atoms with Crippen LogP contribution in [0.3, 0.4) is 0 Å². The molecule has 0 amide bonds. The highest BCUT2D eigenvalue weighted by Crippen LogP contribution is 2.38. The summed E-state index contributed by atoms with van der Waals surface area (Å²) in [6, 6.07) is 10.8. The molecule has 0 fully saturated rings. The van der Waals surface area contributed by atoms with Gasteiger partial charge in [-0.15, -0.1) is 0 Å². The Hall–Kier alpha value is -2.56. The molecule has 2 aromatic rings. The van der Waals surface area contributed by atoms with Gasteiger partial charge in [-0.05, 0) is 36.2 Å². The maximum atomic E-state index is 13.6. The number of hydrazone groups is 1. The molecule has 0 spiro atoms. The average molecular weight is 285 g/mol. The van der Waals surface area contributed by atoms with E-state index in [0.29, 0.717) is 12.0 Å². The molecule has 2 aromatic carbocycles. The van der Waals surface area contributed by atoms with Gasteiger partial charge in [-0.2, -0.15) is 5.10 Å². The summed E-state index contributed by atoms with van der Waals surface area (Å²) in [5.41, 5.74) is 8.90. The van der Waals surface area contributed by atoms with Crippen LogP contribution in [0, 0.1) is 12.7 Å². The van der Waals surface area contributed by atoms with Crippen LogP contribution in [-0.2, 0) is 6.42 Å². The van der Waals surface area contributed by atoms with Gasteiger partial charge in [-0.3, -0.25) is 0 Å². The van der Waals surface area contributed by atoms with E-state index in [9.17, 15) is 4.39 Å². The molecular formula is C16H16FN3O. The highest BCUT2D eigenvalue weighted by molar-refractivity contribution is 5.97. The van der Waals surface area contributed by atoms with Crippen molar-refractivity contribution in [2.24, 2.45) is 16.7 Å². The Kier molecular flexibility index (Phi) is 3.25. The molecule has 3 rings (SSSR count). The number of amidine groups is 1. The van der Waals surface area contributed by atoms with Gasteiger partial charge in [0.15, 0.2) is 0 Å². The fourth-order valence-electron chi connectivity index (χ4n) is 2.52. The van der Waals surface area contributed by atoms with Gasteiger partial charge in [-0.1, -0.05) is 18.2 Å². The fourth-order valence-corrected chi connectivity index (χ4v) is 2.52. The second kappa shape index (κ2) is 5.09. The second-order valence-electron chi connectivity index (χ2n) is 5.16. The number of rotatable bonds is 2. The van der Waals surface area contributed by atoms with Crippen LogP contribution in [0.1, 0.15) is 28.4 Å². The van der Waals surface area contributed by atoms with Crippen molar-refractivity contribution in [2.75, 3.05) is 0 Å². The van der Waals surface area contributed by atoms with Crippen molar-refractivity contribution in [3.05, 3.63) is 64.5 Å². The predicted molar refractivity (Wildman–Crippen MR) is 79.6 cm³/mol. The molecule has 0 aromatic heterocycles. The number of halogens is 1. The molecule has 4 N–H and O–H groups in total. The lowest BCUT2D eigenvalue weighted by atomic mass is 10.0. The molecule has 21 heavy (non-hydrogen) atoms. The molecule has 0 radical (unpaired) electrons. The second-order valence-corrected chi connectivity index (χ2v) is 5.16. The molecule has 0 bridgehead atoms. The van der Waals surface area contributed by atoms with Crippen molar-refractivity contribution in [2.45, 2.75) is 19.4 Å². The van der Waals surface area contributed by atoms with Gasteiger partial charge in [0.2, 0.25) is 0 Å². The monoisotopic (exact) mass is 285 g/mol. The number of ether oxygens (including phenoxy) is 1. The maximum Gasteiger partial charge on any atom is 0.150 e. The van der Waals surface area contributed by atoms with Crippen LogP contribution in [0.4, 0.5) is 4.39 Å². The fraction of sp³-hybridized carbons (Fsp3) is 0.188. The topological polar surface area (TPSA) is 73.6 Å². The number of hydrogen-bond acceptors (Lipinski definition) is 3. The Morgan fingerprint density at radius 1 is 1.33 bits per heavy atom. The van der Waals surface area contributed by atoms with Crippen LogP contribution in [-0.4, -0.2) is 5.84 Å². The zero-order valence-electron chi connectivity index (χ0n) is 11.6. The van der Waals surface area contributed by atoms with E-state index >= 15 is 0 Å². The minimum atomic E-state index is -0.203. The van der Waals surface area contributed by atoms with E-state index in [1.807, 2.05) is 24.3 Å². The lowest BCUT2D eigenvalue weighted by molar-refractivity contribution is 0.238. The summed E-state index contributed by atoms with van der Waals surface area (Å²) in [4.78, 5) is 0. The molecule has 108 valence electrons. The van der Waals surface area contributed by atoms with E-state index in [4.69, 9.17) is 16.3 Å². The van der Waals surface area contributed by atoms with E-state index in [1.54, 1.807) is 19.1 Å². The van der Waals surface area contributed by atoms with E-state index in [2.05, 4.69) is 5.10 Å². The Morgan fingerprint density at radius 2 is 2.14 bits per heavy atom. The minimum Gasteiger partial charge on any atom is -0.485 e. The van der Waals surface area contributed by atoms with E-state index < -0.39 is 0 Å². The third-order valence-electron chi connectivity index (χ3n) is 3.71. The zero-order valence-corrected chi connectivity index (χ0v) is 11.6. The molecule has 0 aliphatic carbocycles. The van der Waals surface area contributed by atoms with Crippen LogP contribution in [0.25, 0.3) is 0 Å². The number of aryl methyl sites for hydroxylation is 1. The van der Waals surface area contributed by atoms with Crippen molar-refractivity contribution in [1.82, 2.24) is 0 Å². The normalized spacial score (nSPS) is 17.4. The number of nitrogens with zero attached hydrogens (tertiary/aromatic N) is 1. The number of benzene rings is 2. The van der Waals surface area contributed by atoms with Crippen molar-refractivity contribution >= 4 is 5.84 Å². The summed E-state index contributed by atoms with van der Waals surface area (Å²) in [6.07, 6.45) is 0.488. The predicted octanol–water partition coefficient (Wildman–Crippen LogP) is 2.39. The first-order chi connectivity index (χ1) is 10.1. The van der Waals surface area contributed by atoms with Gasteiger partial charge in [-0.25, -0.2) is 4.39 Å². The molecule has 1 atom stereocenters. The van der Waals surface area contributed by atoms with Gasteiger partial charge in [0.1, 0.15) is 23.5 Å². The SMILES string of the molecule is Cc1cc2c(cc1F)CC(c1cccc(/C(N)=N/N)c1)O2. The first-order valence-corrected chi connectivity index (χ1v) is 6.68. The third kappa shape index (κ3) is 2.42. The summed E-state index contributed by atoms with van der Waals surface area (Å²) in [5.74, 6) is 6.01. The van der Waals surface area contributed by atoms with Crippen LogP contribution in [0.2, 0.25) is 0 Å². The molecular weight excluding hydrogens is 269 g/mol. The summed E-state index contributed by atoms with van der Waals surface area (Å²) < 4.78 is 19.5. The number of fused-ring (bicyclic) bond motifs is 1. The van der Waals surface area contributed by atoms with Gasteiger partial charge < -0.3 is 16.3 Å². The Labute approximate surface area is 122 Å². The minimum absolute atomic E-state index is 0.147. The summed E-state index contributed by atoms with van der Waals surface area (Å²) in [6.45, 7) is 1.73. The Morgan fingerprint density at radius 3 is 2.90 bits per heavy atom. The number of nitrogens with two attached hydrogens (primary N) is 2. The van der Waals surface area contributed by atoms with E-state index in [1.165, 1.54) is 0 Å². The summed E-state index contributed by atoms with van der Waals surface area (Å²) in [7, 11) is 0. The third-order valence-corrected chi connectivity index (χ3v) is 3.71. The summed E-state index contributed by atoms with van der Waals surface area (Å²) >= 11 is 0. The molecule has 1 unspecified atom stereocenters. The quantitative estimate of drug-likeness (QED) is 0.385. The lowest BCUT2D eigenvalue weighted by Crippen LogP contribution is -2.16.